The molecule has 0 radical (unpaired) electrons. The zero-order valence-corrected chi connectivity index (χ0v) is 9.18. The lowest BCUT2D eigenvalue weighted by Gasteiger charge is -1.95. The van der Waals surface area contributed by atoms with Gasteiger partial charge in [-0.15, -0.1) is 0 Å². The van der Waals surface area contributed by atoms with Crippen LogP contribution in [0.4, 0.5) is 0 Å². The fourth-order valence-corrected chi connectivity index (χ4v) is 1.90. The molecule has 0 saturated heterocycles. The molecule has 0 bridgehead atoms. The fraction of sp³-hybridized carbons (Fsp3) is 0. The summed E-state index contributed by atoms with van der Waals surface area (Å²) in [7, 11) is 0. The van der Waals surface area contributed by atoms with Gasteiger partial charge in [-0.3, -0.25) is 5.10 Å². The van der Waals surface area contributed by atoms with Crippen molar-refractivity contribution in [2.75, 3.05) is 0 Å². The minimum atomic E-state index is 1.10. The minimum absolute atomic E-state index is 1.10. The van der Waals surface area contributed by atoms with Gasteiger partial charge in [0.2, 0.25) is 0 Å². The van der Waals surface area contributed by atoms with Gasteiger partial charge in [0.05, 0.1) is 15.3 Å². The van der Waals surface area contributed by atoms with Crippen LogP contribution in [-0.4, -0.2) is 10.2 Å². The fourth-order valence-electron chi connectivity index (χ4n) is 0.953. The Morgan fingerprint density at radius 3 is 3.09 bits per heavy atom. The minimum Gasteiger partial charge on any atom is -0.277 e. The van der Waals surface area contributed by atoms with E-state index >= 15 is 0 Å². The molecular formula is C7H4BrIN2. The monoisotopic (exact) mass is 322 g/mol. The van der Waals surface area contributed by atoms with E-state index in [2.05, 4.69) is 48.7 Å². The van der Waals surface area contributed by atoms with Crippen LogP contribution in [0.1, 0.15) is 0 Å². The van der Waals surface area contributed by atoms with Crippen molar-refractivity contribution in [3.05, 3.63) is 26.4 Å². The Morgan fingerprint density at radius 2 is 2.27 bits per heavy atom. The summed E-state index contributed by atoms with van der Waals surface area (Å²) in [6, 6.07) is 4.06. The molecule has 0 unspecified atom stereocenters. The summed E-state index contributed by atoms with van der Waals surface area (Å²) in [6.07, 6.45) is 1.82. The smallest absolute Gasteiger partial charge is 0.0795 e. The molecule has 0 atom stereocenters. The van der Waals surface area contributed by atoms with E-state index in [4.69, 9.17) is 0 Å². The highest BCUT2D eigenvalue weighted by atomic mass is 127. The number of nitrogens with zero attached hydrogens (tertiary/aromatic N) is 1. The van der Waals surface area contributed by atoms with Crippen molar-refractivity contribution in [2.45, 2.75) is 0 Å². The van der Waals surface area contributed by atoms with Gasteiger partial charge in [-0.2, -0.15) is 5.10 Å². The average molecular weight is 323 g/mol. The molecule has 1 aromatic heterocycles. The van der Waals surface area contributed by atoms with Crippen molar-refractivity contribution in [1.29, 1.82) is 0 Å². The third-order valence-electron chi connectivity index (χ3n) is 1.51. The third kappa shape index (κ3) is 1.18. The molecule has 2 rings (SSSR count). The Morgan fingerprint density at radius 1 is 1.45 bits per heavy atom. The molecule has 0 amide bonds. The Balaban J connectivity index is 2.93. The summed E-state index contributed by atoms with van der Waals surface area (Å²) >= 11 is 5.73. The summed E-state index contributed by atoms with van der Waals surface area (Å²) in [5.74, 6) is 0. The molecule has 0 aliphatic carbocycles. The summed E-state index contributed by atoms with van der Waals surface area (Å²) in [5, 5.41) is 8.04. The second-order valence-electron chi connectivity index (χ2n) is 2.20. The van der Waals surface area contributed by atoms with E-state index < -0.39 is 0 Å². The lowest BCUT2D eigenvalue weighted by atomic mass is 10.3. The number of benzene rings is 1. The standard InChI is InChI=1S/C7H4BrIN2/c8-5-2-1-4-3-10-11-7(4)6(5)9/h1-3H,(H,10,11). The predicted octanol–water partition coefficient (Wildman–Crippen LogP) is 2.93. The number of rotatable bonds is 0. The van der Waals surface area contributed by atoms with Crippen LogP contribution in [0.15, 0.2) is 22.8 Å². The van der Waals surface area contributed by atoms with Crippen LogP contribution in [0.3, 0.4) is 0 Å². The zero-order valence-electron chi connectivity index (χ0n) is 5.44. The maximum Gasteiger partial charge on any atom is 0.0795 e. The van der Waals surface area contributed by atoms with E-state index in [0.29, 0.717) is 0 Å². The van der Waals surface area contributed by atoms with Gasteiger partial charge in [0.15, 0.2) is 0 Å². The molecule has 56 valence electrons. The lowest BCUT2D eigenvalue weighted by Crippen LogP contribution is -1.77. The largest absolute Gasteiger partial charge is 0.277 e. The first-order valence-electron chi connectivity index (χ1n) is 3.06. The molecule has 1 aromatic carbocycles. The lowest BCUT2D eigenvalue weighted by molar-refractivity contribution is 1.12. The number of H-pyrrole nitrogens is 1. The van der Waals surface area contributed by atoms with Gasteiger partial charge in [0.25, 0.3) is 0 Å². The number of hydrogen-bond acceptors (Lipinski definition) is 1. The van der Waals surface area contributed by atoms with Crippen LogP contribution < -0.4 is 0 Å². The van der Waals surface area contributed by atoms with Crippen molar-refractivity contribution in [2.24, 2.45) is 0 Å². The van der Waals surface area contributed by atoms with Gasteiger partial charge >= 0.3 is 0 Å². The first kappa shape index (κ1) is 7.54. The normalized spacial score (nSPS) is 10.7. The quantitative estimate of drug-likeness (QED) is 0.742. The number of halogens is 2. The molecule has 4 heteroatoms. The molecule has 2 nitrogen and oxygen atoms in total. The van der Waals surface area contributed by atoms with E-state index in [-0.39, 0.29) is 0 Å². The summed E-state index contributed by atoms with van der Waals surface area (Å²) in [5.41, 5.74) is 1.10. The number of aromatic nitrogens is 2. The number of nitrogens with one attached hydrogen (secondary N) is 1. The highest BCUT2D eigenvalue weighted by Gasteiger charge is 2.02. The topological polar surface area (TPSA) is 28.7 Å². The maximum atomic E-state index is 3.95. The molecule has 1 N–H and O–H groups in total. The van der Waals surface area contributed by atoms with Gasteiger partial charge in [-0.05, 0) is 44.6 Å². The maximum absolute atomic E-state index is 3.95. The molecule has 0 fully saturated rings. The first-order chi connectivity index (χ1) is 5.29. The van der Waals surface area contributed by atoms with Crippen LogP contribution in [0.2, 0.25) is 0 Å². The van der Waals surface area contributed by atoms with Gasteiger partial charge in [-0.25, -0.2) is 0 Å². The molecule has 0 aliphatic rings. The van der Waals surface area contributed by atoms with E-state index in [1.54, 1.807) is 0 Å². The van der Waals surface area contributed by atoms with Crippen molar-refractivity contribution in [3.8, 4) is 0 Å². The predicted molar refractivity (Wildman–Crippen MR) is 56.5 cm³/mol. The SMILES string of the molecule is Brc1ccc2cn[nH]c2c1I. The van der Waals surface area contributed by atoms with Gasteiger partial charge < -0.3 is 0 Å². The summed E-state index contributed by atoms with van der Waals surface area (Å²) in [6.45, 7) is 0. The molecule has 11 heavy (non-hydrogen) atoms. The third-order valence-corrected chi connectivity index (χ3v) is 4.03. The van der Waals surface area contributed by atoms with E-state index in [9.17, 15) is 0 Å². The van der Waals surface area contributed by atoms with Crippen molar-refractivity contribution >= 4 is 49.4 Å². The van der Waals surface area contributed by atoms with E-state index in [1.165, 1.54) is 3.57 Å². The summed E-state index contributed by atoms with van der Waals surface area (Å²) < 4.78 is 2.28. The van der Waals surface area contributed by atoms with Crippen molar-refractivity contribution < 1.29 is 0 Å². The van der Waals surface area contributed by atoms with E-state index in [0.717, 1.165) is 15.4 Å². The average Bonchev–Trinajstić information content (AvgIpc) is 2.45. The highest BCUT2D eigenvalue weighted by molar-refractivity contribution is 14.1. The van der Waals surface area contributed by atoms with Crippen molar-refractivity contribution in [1.82, 2.24) is 10.2 Å². The van der Waals surface area contributed by atoms with E-state index in [1.807, 2.05) is 18.3 Å². The number of hydrogen-bond donors (Lipinski definition) is 1. The molecule has 0 aliphatic heterocycles. The molecule has 0 spiro atoms. The second-order valence-corrected chi connectivity index (χ2v) is 4.13. The Bertz CT molecular complexity index is 396. The van der Waals surface area contributed by atoms with Crippen LogP contribution in [-0.2, 0) is 0 Å². The van der Waals surface area contributed by atoms with Crippen LogP contribution in [0, 0.1) is 3.57 Å². The van der Waals surface area contributed by atoms with Gasteiger partial charge in [0.1, 0.15) is 0 Å². The van der Waals surface area contributed by atoms with Crippen LogP contribution >= 0.6 is 38.5 Å². The van der Waals surface area contributed by atoms with Crippen LogP contribution in [0.25, 0.3) is 10.9 Å². The Kier molecular flexibility index (Phi) is 1.88. The van der Waals surface area contributed by atoms with Crippen LogP contribution in [0.5, 0.6) is 0 Å². The number of aromatic amines is 1. The highest BCUT2D eigenvalue weighted by Crippen LogP contribution is 2.25. The van der Waals surface area contributed by atoms with Gasteiger partial charge in [-0.1, -0.05) is 6.07 Å². The Labute approximate surface area is 85.6 Å². The molecule has 0 saturated carbocycles. The number of fused-ring (bicyclic) bond motifs is 1. The first-order valence-corrected chi connectivity index (χ1v) is 4.93. The Hall–Kier alpha value is -0.100. The van der Waals surface area contributed by atoms with Crippen molar-refractivity contribution in [3.63, 3.8) is 0 Å². The molecule has 2 aromatic rings. The van der Waals surface area contributed by atoms with Gasteiger partial charge in [0, 0.05) is 9.86 Å². The second kappa shape index (κ2) is 2.75. The zero-order chi connectivity index (χ0) is 7.84. The summed E-state index contributed by atoms with van der Waals surface area (Å²) in [4.78, 5) is 0. The molecule has 1 heterocycles. The molecular weight excluding hydrogens is 319 g/mol.